The van der Waals surface area contributed by atoms with E-state index < -0.39 is 0 Å². The standard InChI is InChI=1S/C11H18BrN3O2/c1-8(7-17-3)13-4-5-15-9(2)14-6-10(12)11(15)16/h6,8,13H,4-5,7H2,1-3H3. The highest BCUT2D eigenvalue weighted by molar-refractivity contribution is 9.10. The maximum absolute atomic E-state index is 11.8. The van der Waals surface area contributed by atoms with Gasteiger partial charge < -0.3 is 10.1 Å². The second-order valence-electron chi connectivity index (χ2n) is 3.92. The van der Waals surface area contributed by atoms with Gasteiger partial charge in [-0.25, -0.2) is 4.98 Å². The van der Waals surface area contributed by atoms with E-state index in [1.54, 1.807) is 11.7 Å². The third-order valence-corrected chi connectivity index (χ3v) is 2.99. The van der Waals surface area contributed by atoms with Crippen LogP contribution in [0.25, 0.3) is 0 Å². The molecule has 0 amide bonds. The molecule has 1 atom stereocenters. The first-order valence-electron chi connectivity index (χ1n) is 5.50. The molecule has 0 aliphatic rings. The van der Waals surface area contributed by atoms with Crippen LogP contribution in [-0.2, 0) is 11.3 Å². The monoisotopic (exact) mass is 303 g/mol. The van der Waals surface area contributed by atoms with Gasteiger partial charge >= 0.3 is 0 Å². The second-order valence-corrected chi connectivity index (χ2v) is 4.77. The summed E-state index contributed by atoms with van der Waals surface area (Å²) in [5.41, 5.74) is -0.0429. The van der Waals surface area contributed by atoms with Gasteiger partial charge in [-0.15, -0.1) is 0 Å². The Hall–Kier alpha value is -0.720. The first kappa shape index (κ1) is 14.3. The third-order valence-electron chi connectivity index (χ3n) is 2.45. The van der Waals surface area contributed by atoms with Gasteiger partial charge in [-0.2, -0.15) is 0 Å². The van der Waals surface area contributed by atoms with Crippen molar-refractivity contribution in [2.45, 2.75) is 26.4 Å². The minimum atomic E-state index is -0.0429. The molecule has 1 aromatic rings. The van der Waals surface area contributed by atoms with E-state index in [2.05, 4.69) is 26.2 Å². The molecule has 1 aromatic heterocycles. The van der Waals surface area contributed by atoms with Crippen molar-refractivity contribution in [3.05, 3.63) is 26.8 Å². The van der Waals surface area contributed by atoms with Crippen LogP contribution in [0.3, 0.4) is 0 Å². The smallest absolute Gasteiger partial charge is 0.267 e. The largest absolute Gasteiger partial charge is 0.383 e. The minimum Gasteiger partial charge on any atom is -0.383 e. The van der Waals surface area contributed by atoms with Crippen LogP contribution >= 0.6 is 15.9 Å². The second kappa shape index (κ2) is 6.88. The molecule has 0 bridgehead atoms. The molecule has 96 valence electrons. The molecule has 0 aromatic carbocycles. The maximum Gasteiger partial charge on any atom is 0.267 e. The fourth-order valence-corrected chi connectivity index (χ4v) is 1.86. The van der Waals surface area contributed by atoms with E-state index >= 15 is 0 Å². The van der Waals surface area contributed by atoms with Crippen LogP contribution in [0.15, 0.2) is 15.5 Å². The van der Waals surface area contributed by atoms with Crippen LogP contribution in [0.1, 0.15) is 12.7 Å². The zero-order chi connectivity index (χ0) is 12.8. The summed E-state index contributed by atoms with van der Waals surface area (Å²) in [7, 11) is 1.67. The van der Waals surface area contributed by atoms with Crippen molar-refractivity contribution < 1.29 is 4.74 Å². The molecule has 1 N–H and O–H groups in total. The lowest BCUT2D eigenvalue weighted by Crippen LogP contribution is -2.35. The summed E-state index contributed by atoms with van der Waals surface area (Å²) < 4.78 is 7.17. The van der Waals surface area contributed by atoms with E-state index in [4.69, 9.17) is 4.74 Å². The molecule has 17 heavy (non-hydrogen) atoms. The number of nitrogens with zero attached hydrogens (tertiary/aromatic N) is 2. The van der Waals surface area contributed by atoms with Crippen molar-refractivity contribution >= 4 is 15.9 Å². The number of aryl methyl sites for hydroxylation is 1. The zero-order valence-electron chi connectivity index (χ0n) is 10.4. The first-order chi connectivity index (χ1) is 8.06. The van der Waals surface area contributed by atoms with Crippen molar-refractivity contribution in [3.63, 3.8) is 0 Å². The van der Waals surface area contributed by atoms with Gasteiger partial charge in [-0.1, -0.05) is 0 Å². The minimum absolute atomic E-state index is 0.0429. The summed E-state index contributed by atoms with van der Waals surface area (Å²) >= 11 is 3.19. The van der Waals surface area contributed by atoms with Gasteiger partial charge in [0.1, 0.15) is 10.3 Å². The predicted octanol–water partition coefficient (Wildman–Crippen LogP) is 0.939. The summed E-state index contributed by atoms with van der Waals surface area (Å²) in [5.74, 6) is 0.722. The molecule has 1 unspecified atom stereocenters. The average molecular weight is 304 g/mol. The lowest BCUT2D eigenvalue weighted by molar-refractivity contribution is 0.172. The molecular formula is C11H18BrN3O2. The number of hydrogen-bond acceptors (Lipinski definition) is 4. The third kappa shape index (κ3) is 4.22. The van der Waals surface area contributed by atoms with E-state index in [9.17, 15) is 4.79 Å². The summed E-state index contributed by atoms with van der Waals surface area (Å²) in [6, 6.07) is 0.274. The van der Waals surface area contributed by atoms with Crippen molar-refractivity contribution in [2.75, 3.05) is 20.3 Å². The van der Waals surface area contributed by atoms with Crippen LogP contribution in [0.4, 0.5) is 0 Å². The fraction of sp³-hybridized carbons (Fsp3) is 0.636. The number of halogens is 1. The molecule has 0 aliphatic heterocycles. The molecule has 1 rings (SSSR count). The Morgan fingerprint density at radius 1 is 1.65 bits per heavy atom. The number of aromatic nitrogens is 2. The average Bonchev–Trinajstić information content (AvgIpc) is 2.29. The Kier molecular flexibility index (Phi) is 5.80. The van der Waals surface area contributed by atoms with Gasteiger partial charge in [0.05, 0.1) is 6.61 Å². The Labute approximate surface area is 109 Å². The number of methoxy groups -OCH3 is 1. The van der Waals surface area contributed by atoms with Crippen molar-refractivity contribution in [2.24, 2.45) is 0 Å². The summed E-state index contributed by atoms with van der Waals surface area (Å²) in [4.78, 5) is 16.0. The lowest BCUT2D eigenvalue weighted by Gasteiger charge is -2.14. The quantitative estimate of drug-likeness (QED) is 0.850. The highest BCUT2D eigenvalue weighted by atomic mass is 79.9. The highest BCUT2D eigenvalue weighted by Crippen LogP contribution is 2.00. The molecule has 0 aliphatic carbocycles. The predicted molar refractivity (Wildman–Crippen MR) is 70.3 cm³/mol. The Bertz CT molecular complexity index is 420. The summed E-state index contributed by atoms with van der Waals surface area (Å²) in [6.07, 6.45) is 1.54. The van der Waals surface area contributed by atoms with Crippen molar-refractivity contribution in [3.8, 4) is 0 Å². The first-order valence-corrected chi connectivity index (χ1v) is 6.29. The van der Waals surface area contributed by atoms with Crippen LogP contribution < -0.4 is 10.9 Å². The van der Waals surface area contributed by atoms with E-state index in [1.165, 1.54) is 6.20 Å². The summed E-state index contributed by atoms with van der Waals surface area (Å²) in [5, 5.41) is 3.28. The zero-order valence-corrected chi connectivity index (χ0v) is 12.0. The van der Waals surface area contributed by atoms with Gasteiger partial charge in [-0.05, 0) is 29.8 Å². The number of nitrogens with one attached hydrogen (secondary N) is 1. The van der Waals surface area contributed by atoms with Gasteiger partial charge in [0.25, 0.3) is 5.56 Å². The number of rotatable bonds is 6. The van der Waals surface area contributed by atoms with Crippen molar-refractivity contribution in [1.29, 1.82) is 0 Å². The van der Waals surface area contributed by atoms with Crippen molar-refractivity contribution in [1.82, 2.24) is 14.9 Å². The number of hydrogen-bond donors (Lipinski definition) is 1. The fourth-order valence-electron chi connectivity index (χ4n) is 1.55. The lowest BCUT2D eigenvalue weighted by atomic mass is 10.3. The maximum atomic E-state index is 11.8. The molecule has 0 spiro atoms. The molecule has 6 heteroatoms. The SMILES string of the molecule is COCC(C)NCCn1c(C)ncc(Br)c1=O. The molecule has 0 saturated carbocycles. The number of ether oxygens (including phenoxy) is 1. The normalized spacial score (nSPS) is 12.7. The van der Waals surface area contributed by atoms with Crippen LogP contribution in [0, 0.1) is 6.92 Å². The topological polar surface area (TPSA) is 56.1 Å². The molecular weight excluding hydrogens is 286 g/mol. The summed E-state index contributed by atoms with van der Waals surface area (Å²) in [6.45, 7) is 5.84. The van der Waals surface area contributed by atoms with Gasteiger partial charge in [0.2, 0.25) is 0 Å². The molecule has 5 nitrogen and oxygen atoms in total. The van der Waals surface area contributed by atoms with E-state index in [0.717, 1.165) is 5.82 Å². The molecule has 0 fully saturated rings. The van der Waals surface area contributed by atoms with Crippen LogP contribution in [0.5, 0.6) is 0 Å². The molecule has 0 radical (unpaired) electrons. The Morgan fingerprint density at radius 2 is 2.35 bits per heavy atom. The Balaban J connectivity index is 2.58. The molecule has 1 heterocycles. The van der Waals surface area contributed by atoms with E-state index in [-0.39, 0.29) is 11.6 Å². The molecule has 0 saturated heterocycles. The van der Waals surface area contributed by atoms with Crippen LogP contribution in [0.2, 0.25) is 0 Å². The highest BCUT2D eigenvalue weighted by Gasteiger charge is 2.06. The van der Waals surface area contributed by atoms with Gasteiger partial charge in [-0.3, -0.25) is 9.36 Å². The Morgan fingerprint density at radius 3 is 3.00 bits per heavy atom. The van der Waals surface area contributed by atoms with Crippen LogP contribution in [-0.4, -0.2) is 35.9 Å². The van der Waals surface area contributed by atoms with Gasteiger partial charge in [0.15, 0.2) is 0 Å². The van der Waals surface area contributed by atoms with E-state index in [0.29, 0.717) is 24.2 Å². The van der Waals surface area contributed by atoms with E-state index in [1.807, 2.05) is 13.8 Å². The van der Waals surface area contributed by atoms with Gasteiger partial charge in [0, 0.05) is 32.4 Å².